The van der Waals surface area contributed by atoms with Crippen LogP contribution < -0.4 is 14.8 Å². The highest BCUT2D eigenvalue weighted by Crippen LogP contribution is 2.47. The van der Waals surface area contributed by atoms with Crippen LogP contribution in [0.2, 0.25) is 0 Å². The van der Waals surface area contributed by atoms with Gasteiger partial charge in [0.05, 0.1) is 24.0 Å². The number of sulfonamides is 1. The number of carbonyl (C=O) groups excluding carboxylic acids is 1. The third-order valence-corrected chi connectivity index (χ3v) is 8.17. The van der Waals surface area contributed by atoms with Gasteiger partial charge in [-0.15, -0.1) is 0 Å². The zero-order valence-corrected chi connectivity index (χ0v) is 21.3. The van der Waals surface area contributed by atoms with E-state index in [0.717, 1.165) is 42.5 Å². The Kier molecular flexibility index (Phi) is 7.52. The van der Waals surface area contributed by atoms with Crippen molar-refractivity contribution < 1.29 is 41.0 Å². The van der Waals surface area contributed by atoms with Crippen LogP contribution in [0, 0.1) is 17.5 Å². The summed E-state index contributed by atoms with van der Waals surface area (Å²) in [6.45, 7) is -0.569. The van der Waals surface area contributed by atoms with Crippen LogP contribution in [0.5, 0.6) is 5.75 Å². The summed E-state index contributed by atoms with van der Waals surface area (Å²) in [5.74, 6) is -2.06. The van der Waals surface area contributed by atoms with Crippen molar-refractivity contribution in [3.8, 4) is 5.75 Å². The molecule has 0 radical (unpaired) electrons. The van der Waals surface area contributed by atoms with Crippen LogP contribution in [0.4, 0.5) is 18.9 Å². The smallest absolute Gasteiger partial charge is 0.261 e. The van der Waals surface area contributed by atoms with E-state index in [1.54, 1.807) is 12.1 Å². The standard InChI is InChI=1S/C27H25F3N2O6S/c28-16-1-5-20(6-2-16)39(35,36)32-18-4-8-24-21(10-18)22-11-19(37-25(14-33)27(22)38-24)12-26(34)31-13-15-9-17(29)3-7-23(15)30/h1-10,19,22,25,27,32-33H,11-14H2,(H,31,34)/t19-,22+,25-,27-/m0/s1. The van der Waals surface area contributed by atoms with E-state index >= 15 is 0 Å². The van der Waals surface area contributed by atoms with Crippen molar-refractivity contribution in [2.24, 2.45) is 0 Å². The van der Waals surface area contributed by atoms with Gasteiger partial charge in [0.25, 0.3) is 10.0 Å². The quantitative estimate of drug-likeness (QED) is 0.387. The zero-order chi connectivity index (χ0) is 27.7. The fourth-order valence-corrected chi connectivity index (χ4v) is 5.98. The van der Waals surface area contributed by atoms with Crippen LogP contribution in [0.25, 0.3) is 0 Å². The van der Waals surface area contributed by atoms with Gasteiger partial charge in [0.1, 0.15) is 35.4 Å². The number of nitrogens with one attached hydrogen (secondary N) is 2. The molecule has 206 valence electrons. The normalized spacial score (nSPS) is 21.9. The highest BCUT2D eigenvalue weighted by Gasteiger charge is 2.46. The molecule has 5 rings (SSSR count). The molecule has 39 heavy (non-hydrogen) atoms. The number of hydrogen-bond donors (Lipinski definition) is 3. The number of fused-ring (bicyclic) bond motifs is 3. The lowest BCUT2D eigenvalue weighted by Crippen LogP contribution is -2.47. The Hall–Kier alpha value is -3.61. The van der Waals surface area contributed by atoms with Gasteiger partial charge >= 0.3 is 0 Å². The van der Waals surface area contributed by atoms with Crippen molar-refractivity contribution in [1.82, 2.24) is 5.32 Å². The summed E-state index contributed by atoms with van der Waals surface area (Å²) in [7, 11) is -3.98. The number of benzene rings is 3. The second-order valence-electron chi connectivity index (χ2n) is 9.43. The Bertz CT molecular complexity index is 1490. The van der Waals surface area contributed by atoms with E-state index in [2.05, 4.69) is 10.0 Å². The van der Waals surface area contributed by atoms with Gasteiger partial charge in [-0.25, -0.2) is 21.6 Å². The highest BCUT2D eigenvalue weighted by atomic mass is 32.2. The molecule has 4 atom stereocenters. The number of anilines is 1. The lowest BCUT2D eigenvalue weighted by atomic mass is 9.84. The Balaban J connectivity index is 1.28. The lowest BCUT2D eigenvalue weighted by molar-refractivity contribution is -0.142. The van der Waals surface area contributed by atoms with Crippen LogP contribution in [-0.4, -0.2) is 44.4 Å². The molecule has 2 aliphatic heterocycles. The van der Waals surface area contributed by atoms with Gasteiger partial charge in [0, 0.05) is 29.3 Å². The van der Waals surface area contributed by atoms with Crippen LogP contribution in [0.1, 0.15) is 29.9 Å². The maximum atomic E-state index is 13.9. The number of rotatable bonds is 8. The van der Waals surface area contributed by atoms with E-state index in [1.165, 1.54) is 6.07 Å². The molecule has 0 unspecified atom stereocenters. The molecule has 0 aromatic heterocycles. The molecule has 3 aromatic rings. The Morgan fingerprint density at radius 2 is 1.74 bits per heavy atom. The molecule has 1 amide bonds. The topological polar surface area (TPSA) is 114 Å². The van der Waals surface area contributed by atoms with E-state index in [0.29, 0.717) is 17.7 Å². The highest BCUT2D eigenvalue weighted by molar-refractivity contribution is 7.92. The van der Waals surface area contributed by atoms with Crippen LogP contribution in [-0.2, 0) is 26.1 Å². The first kappa shape index (κ1) is 27.0. The van der Waals surface area contributed by atoms with Crippen molar-refractivity contribution in [3.05, 3.63) is 89.2 Å². The van der Waals surface area contributed by atoms with Gasteiger partial charge in [0.15, 0.2) is 0 Å². The number of aliphatic hydroxyl groups is 1. The molecule has 12 heteroatoms. The van der Waals surface area contributed by atoms with E-state index in [1.807, 2.05) is 0 Å². The largest absolute Gasteiger partial charge is 0.487 e. The minimum Gasteiger partial charge on any atom is -0.487 e. The summed E-state index contributed by atoms with van der Waals surface area (Å²) < 4.78 is 80.4. The SMILES string of the molecule is O=C(C[C@@H]1C[C@@H]2c3cc(NS(=O)(=O)c4ccc(F)cc4)ccc3O[C@@H]2[C@H](CO)O1)NCc1cc(F)ccc1F. The molecular weight excluding hydrogens is 537 g/mol. The van der Waals surface area contributed by atoms with Gasteiger partial charge in [0.2, 0.25) is 5.91 Å². The molecule has 2 heterocycles. The number of hydrogen-bond acceptors (Lipinski definition) is 6. The molecule has 3 N–H and O–H groups in total. The number of aliphatic hydroxyl groups excluding tert-OH is 1. The molecule has 2 aliphatic rings. The summed E-state index contributed by atoms with van der Waals surface area (Å²) in [5, 5.41) is 12.5. The van der Waals surface area contributed by atoms with Crippen molar-refractivity contribution >= 4 is 21.6 Å². The van der Waals surface area contributed by atoms with E-state index < -0.39 is 51.7 Å². The second-order valence-corrected chi connectivity index (χ2v) is 11.1. The Morgan fingerprint density at radius 1 is 1.00 bits per heavy atom. The lowest BCUT2D eigenvalue weighted by Gasteiger charge is -2.37. The first-order valence-electron chi connectivity index (χ1n) is 12.2. The molecule has 1 saturated heterocycles. The summed E-state index contributed by atoms with van der Waals surface area (Å²) in [6.07, 6.45) is -1.66. The molecule has 3 aromatic carbocycles. The van der Waals surface area contributed by atoms with Crippen molar-refractivity contribution in [2.45, 2.75) is 48.5 Å². The summed E-state index contributed by atoms with van der Waals surface area (Å²) in [5.41, 5.74) is 0.962. The first-order chi connectivity index (χ1) is 18.6. The maximum absolute atomic E-state index is 13.9. The second kappa shape index (κ2) is 10.9. The fourth-order valence-electron chi connectivity index (χ4n) is 4.93. The number of ether oxygens (including phenoxy) is 2. The average Bonchev–Trinajstić information content (AvgIpc) is 3.26. The molecule has 0 saturated carbocycles. The average molecular weight is 563 g/mol. The van der Waals surface area contributed by atoms with Crippen molar-refractivity contribution in [1.29, 1.82) is 0 Å². The van der Waals surface area contributed by atoms with E-state index in [9.17, 15) is 31.5 Å². The van der Waals surface area contributed by atoms with Gasteiger partial charge in [-0.2, -0.15) is 0 Å². The predicted molar refractivity (Wildman–Crippen MR) is 134 cm³/mol. The summed E-state index contributed by atoms with van der Waals surface area (Å²) in [6, 6.07) is 12.2. The Labute approximate surface area is 222 Å². The third kappa shape index (κ3) is 5.87. The van der Waals surface area contributed by atoms with Gasteiger partial charge in [-0.3, -0.25) is 9.52 Å². The minimum atomic E-state index is -3.98. The third-order valence-electron chi connectivity index (χ3n) is 6.77. The minimum absolute atomic E-state index is 0.00921. The number of carbonyl (C=O) groups is 1. The number of amides is 1. The van der Waals surface area contributed by atoms with Crippen LogP contribution >= 0.6 is 0 Å². The van der Waals surface area contributed by atoms with E-state index in [-0.39, 0.29) is 41.6 Å². The molecule has 0 aliphatic carbocycles. The van der Waals surface area contributed by atoms with Gasteiger partial charge < -0.3 is 19.9 Å². The fraction of sp³-hybridized carbons (Fsp3) is 0.296. The predicted octanol–water partition coefficient (Wildman–Crippen LogP) is 3.61. The molecular formula is C27H25F3N2O6S. The van der Waals surface area contributed by atoms with Crippen molar-refractivity contribution in [3.63, 3.8) is 0 Å². The summed E-state index contributed by atoms with van der Waals surface area (Å²) in [4.78, 5) is 12.5. The van der Waals surface area contributed by atoms with Crippen LogP contribution in [0.15, 0.2) is 65.6 Å². The van der Waals surface area contributed by atoms with Crippen molar-refractivity contribution in [2.75, 3.05) is 11.3 Å². The number of halogens is 3. The van der Waals surface area contributed by atoms with Gasteiger partial charge in [-0.1, -0.05) is 0 Å². The van der Waals surface area contributed by atoms with Crippen LogP contribution in [0.3, 0.4) is 0 Å². The zero-order valence-electron chi connectivity index (χ0n) is 20.4. The molecule has 8 nitrogen and oxygen atoms in total. The van der Waals surface area contributed by atoms with E-state index in [4.69, 9.17) is 9.47 Å². The maximum Gasteiger partial charge on any atom is 0.261 e. The molecule has 0 spiro atoms. The molecule has 0 bridgehead atoms. The van der Waals surface area contributed by atoms with Gasteiger partial charge in [-0.05, 0) is 67.1 Å². The monoisotopic (exact) mass is 562 g/mol. The molecule has 1 fully saturated rings. The summed E-state index contributed by atoms with van der Waals surface area (Å²) >= 11 is 0. The Morgan fingerprint density at radius 3 is 2.49 bits per heavy atom. The first-order valence-corrected chi connectivity index (χ1v) is 13.7.